The Bertz CT molecular complexity index is 1680. The van der Waals surface area contributed by atoms with Crippen molar-refractivity contribution in [1.82, 2.24) is 0 Å². The molecule has 0 fully saturated rings. The van der Waals surface area contributed by atoms with E-state index >= 15 is 0 Å². The first-order valence-corrected chi connectivity index (χ1v) is 18.8. The topological polar surface area (TPSA) is 173 Å². The first kappa shape index (κ1) is 42.3. The Morgan fingerprint density at radius 2 is 1.06 bits per heavy atom. The van der Waals surface area contributed by atoms with Crippen LogP contribution in [-0.4, -0.2) is 68.8 Å². The van der Waals surface area contributed by atoms with Crippen molar-refractivity contribution in [2.45, 2.75) is 87.8 Å². The fraction of sp³-hybridized carbons (Fsp3) is 0.333. The number of phenolic OH excluding ortho intramolecular Hbond substituents is 1. The molecule has 0 amide bonds. The van der Waals surface area contributed by atoms with Gasteiger partial charge in [-0.2, -0.15) is 8.42 Å². The second-order valence-electron chi connectivity index (χ2n) is 11.3. The van der Waals surface area contributed by atoms with Gasteiger partial charge >= 0.3 is 37.7 Å². The molecule has 2 N–H and O–H groups in total. The van der Waals surface area contributed by atoms with E-state index < -0.39 is 30.9 Å². The summed E-state index contributed by atoms with van der Waals surface area (Å²) in [5, 5.41) is 21.5. The van der Waals surface area contributed by atoms with Crippen LogP contribution in [0.15, 0.2) is 94.7 Å². The number of phenols is 1. The van der Waals surface area contributed by atoms with E-state index in [1.165, 1.54) is 55.7 Å². The van der Waals surface area contributed by atoms with E-state index in [1.807, 2.05) is 24.3 Å². The van der Waals surface area contributed by atoms with Gasteiger partial charge in [-0.25, -0.2) is 8.42 Å². The van der Waals surface area contributed by atoms with Crippen LogP contribution in [0.4, 0.5) is 0 Å². The molecule has 0 bridgehead atoms. The smallest absolute Gasteiger partial charge is 0.870 e. The van der Waals surface area contributed by atoms with Gasteiger partial charge in [0.2, 0.25) is 0 Å². The third-order valence-corrected chi connectivity index (χ3v) is 9.05. The average Bonchev–Trinajstić information content (AvgIpc) is 3.04. The maximum absolute atomic E-state index is 11.8. The standard InChI is InChI=1S/2C18H22O5S.Ca/c2*1-2-3-4-5-6-14-7-9-15(10-8-14)23-18-13-16(24(20,21)22)11-12-17(18)19;/h2*7-13,19H,2-6H2,1H3,(H,20,21,22);/q;;+2/p-2. The zero-order chi connectivity index (χ0) is 35.2. The fourth-order valence-electron chi connectivity index (χ4n) is 4.67. The monoisotopic (exact) mass is 738 g/mol. The predicted molar refractivity (Wildman–Crippen MR) is 186 cm³/mol. The molecule has 4 aromatic rings. The van der Waals surface area contributed by atoms with Gasteiger partial charge in [0.1, 0.15) is 27.4 Å². The molecule has 0 aliphatic heterocycles. The van der Waals surface area contributed by atoms with Crippen LogP contribution in [0.2, 0.25) is 0 Å². The van der Waals surface area contributed by atoms with Crippen molar-refractivity contribution in [3.63, 3.8) is 0 Å². The molecule has 49 heavy (non-hydrogen) atoms. The summed E-state index contributed by atoms with van der Waals surface area (Å²) in [4.78, 5) is -0.813. The van der Waals surface area contributed by atoms with Gasteiger partial charge in [-0.15, -0.1) is 0 Å². The molecule has 4 rings (SSSR count). The van der Waals surface area contributed by atoms with Gasteiger partial charge in [0, 0.05) is 6.07 Å². The first-order chi connectivity index (χ1) is 22.8. The van der Waals surface area contributed by atoms with Crippen LogP contribution < -0.4 is 14.6 Å². The summed E-state index contributed by atoms with van der Waals surface area (Å²) >= 11 is 0. The molecule has 4 aromatic carbocycles. The maximum Gasteiger partial charge on any atom is 2.00 e. The van der Waals surface area contributed by atoms with Gasteiger partial charge in [-0.05, 0) is 85.3 Å². The Kier molecular flexibility index (Phi) is 17.9. The molecule has 0 aliphatic rings. The number of benzene rings is 4. The van der Waals surface area contributed by atoms with Crippen LogP contribution in [0.5, 0.6) is 34.5 Å². The molecule has 0 unspecified atom stereocenters. The quantitative estimate of drug-likeness (QED) is 0.0657. The van der Waals surface area contributed by atoms with Crippen molar-refractivity contribution < 1.29 is 45.6 Å². The van der Waals surface area contributed by atoms with E-state index in [9.17, 15) is 31.6 Å². The van der Waals surface area contributed by atoms with Crippen molar-refractivity contribution in [3.05, 3.63) is 96.1 Å². The Hall–Kier alpha value is -2.84. The third-order valence-electron chi connectivity index (χ3n) is 7.37. The molecule has 0 aromatic heterocycles. The van der Waals surface area contributed by atoms with Gasteiger partial charge in [-0.1, -0.05) is 88.5 Å². The van der Waals surface area contributed by atoms with Gasteiger partial charge in [0.25, 0.3) is 10.1 Å². The van der Waals surface area contributed by atoms with Crippen LogP contribution in [0.25, 0.3) is 0 Å². The summed E-state index contributed by atoms with van der Waals surface area (Å²) in [6.45, 7) is 4.35. The summed E-state index contributed by atoms with van der Waals surface area (Å²) in [6.07, 6.45) is 11.5. The minimum absolute atomic E-state index is 0. The molecule has 13 heteroatoms. The van der Waals surface area contributed by atoms with Crippen LogP contribution in [0.1, 0.15) is 76.3 Å². The Morgan fingerprint density at radius 3 is 1.51 bits per heavy atom. The van der Waals surface area contributed by atoms with Gasteiger partial charge in [0.05, 0.1) is 9.79 Å². The van der Waals surface area contributed by atoms with Crippen LogP contribution in [0.3, 0.4) is 0 Å². The van der Waals surface area contributed by atoms with Gasteiger partial charge in [-0.3, -0.25) is 4.55 Å². The van der Waals surface area contributed by atoms with E-state index in [-0.39, 0.29) is 59.9 Å². The molecule has 0 saturated carbocycles. The third kappa shape index (κ3) is 14.9. The van der Waals surface area contributed by atoms with E-state index in [0.717, 1.165) is 56.0 Å². The molecule has 0 spiro atoms. The van der Waals surface area contributed by atoms with E-state index in [4.69, 9.17) is 14.0 Å². The Balaban J connectivity index is 0.000000333. The SMILES string of the molecule is CCCCCCc1ccc(Oc2cc(S(=O)(=O)O)ccc2O)cc1.CCCCCCc1ccc(Oc2cc(S(=O)(=O)[O-])ccc2[O-])cc1.[Ca+2]. The number of aryl methyl sites for hydroxylation is 2. The summed E-state index contributed by atoms with van der Waals surface area (Å²) in [5.74, 6) is 0.0143. The summed E-state index contributed by atoms with van der Waals surface area (Å²) in [5.41, 5.74) is 2.38. The number of hydrogen-bond acceptors (Lipinski definition) is 9. The summed E-state index contributed by atoms with van der Waals surface area (Å²) in [6, 6.07) is 21.1. The van der Waals surface area contributed by atoms with Crippen molar-refractivity contribution in [2.75, 3.05) is 0 Å². The second-order valence-corrected chi connectivity index (χ2v) is 14.1. The average molecular weight is 739 g/mol. The molecule has 0 heterocycles. The normalized spacial score (nSPS) is 11.2. The summed E-state index contributed by atoms with van der Waals surface area (Å²) < 4.78 is 75.4. The molecule has 0 atom stereocenters. The molecule has 0 saturated heterocycles. The minimum atomic E-state index is -4.63. The molecular weight excluding hydrogens is 697 g/mol. The number of hydrogen-bond donors (Lipinski definition) is 2. The number of aromatic hydroxyl groups is 1. The molecular formula is C36H42CaO10S2. The zero-order valence-electron chi connectivity index (χ0n) is 27.8. The largest absolute Gasteiger partial charge is 2.00 e. The summed E-state index contributed by atoms with van der Waals surface area (Å²) in [7, 11) is -8.97. The second kappa shape index (κ2) is 20.7. The van der Waals surface area contributed by atoms with E-state index in [2.05, 4.69) is 13.8 Å². The van der Waals surface area contributed by atoms with Crippen LogP contribution in [0, 0.1) is 0 Å². The molecule has 0 aliphatic carbocycles. The first-order valence-electron chi connectivity index (χ1n) is 15.9. The van der Waals surface area contributed by atoms with Crippen molar-refractivity contribution in [3.8, 4) is 34.5 Å². The van der Waals surface area contributed by atoms with E-state index in [0.29, 0.717) is 11.5 Å². The van der Waals surface area contributed by atoms with Gasteiger partial charge in [0.15, 0.2) is 11.5 Å². The Morgan fingerprint density at radius 1 is 0.612 bits per heavy atom. The molecule has 260 valence electrons. The zero-order valence-corrected chi connectivity index (χ0v) is 31.7. The molecule has 10 nitrogen and oxygen atoms in total. The van der Waals surface area contributed by atoms with Gasteiger partial charge < -0.3 is 24.2 Å². The van der Waals surface area contributed by atoms with Crippen molar-refractivity contribution in [2.24, 2.45) is 0 Å². The maximum atomic E-state index is 11.8. The number of unbranched alkanes of at least 4 members (excludes halogenated alkanes) is 6. The van der Waals surface area contributed by atoms with Crippen molar-refractivity contribution in [1.29, 1.82) is 0 Å². The predicted octanol–water partition coefficient (Wildman–Crippen LogP) is 7.75. The van der Waals surface area contributed by atoms with Crippen LogP contribution >= 0.6 is 0 Å². The number of ether oxygens (including phenoxy) is 2. The fourth-order valence-corrected chi connectivity index (χ4v) is 5.66. The molecule has 0 radical (unpaired) electrons. The number of rotatable bonds is 16. The van der Waals surface area contributed by atoms with E-state index in [1.54, 1.807) is 24.3 Å². The minimum Gasteiger partial charge on any atom is -0.870 e. The Labute approximate surface area is 319 Å². The van der Waals surface area contributed by atoms with Crippen molar-refractivity contribution >= 4 is 58.0 Å². The van der Waals surface area contributed by atoms with Crippen LogP contribution in [-0.2, 0) is 33.1 Å².